The molecule has 0 saturated carbocycles. The molecule has 0 bridgehead atoms. The Hall–Kier alpha value is -1.77. The maximum Gasteiger partial charge on any atom is 0.308 e. The van der Waals surface area contributed by atoms with Crippen molar-refractivity contribution in [2.75, 3.05) is 18.0 Å². The van der Waals surface area contributed by atoms with E-state index in [0.29, 0.717) is 13.0 Å². The highest BCUT2D eigenvalue weighted by Crippen LogP contribution is 2.30. The molecule has 96 valence electrons. The minimum Gasteiger partial charge on any atom is -0.481 e. The van der Waals surface area contributed by atoms with Crippen LogP contribution in [-0.4, -0.2) is 24.2 Å². The molecule has 1 atom stereocenters. The number of hydrogen-bond acceptors (Lipinski definition) is 2. The van der Waals surface area contributed by atoms with E-state index < -0.39 is 5.97 Å². The molecule has 0 aliphatic carbocycles. The first kappa shape index (κ1) is 12.7. The number of benzene rings is 1. The second kappa shape index (κ2) is 5.25. The van der Waals surface area contributed by atoms with E-state index in [2.05, 4.69) is 24.5 Å². The van der Waals surface area contributed by atoms with Crippen LogP contribution in [0.2, 0.25) is 0 Å². The van der Waals surface area contributed by atoms with Crippen molar-refractivity contribution in [2.45, 2.75) is 19.8 Å². The molecule has 18 heavy (non-hydrogen) atoms. The Morgan fingerprint density at radius 3 is 2.89 bits per heavy atom. The molecule has 1 aliphatic heterocycles. The number of hydrogen-bond donors (Lipinski definition) is 1. The lowest BCUT2D eigenvalue weighted by Crippen LogP contribution is -2.39. The fourth-order valence-corrected chi connectivity index (χ4v) is 2.38. The largest absolute Gasteiger partial charge is 0.481 e. The number of fused-ring (bicyclic) bond motifs is 1. The highest BCUT2D eigenvalue weighted by Gasteiger charge is 2.28. The zero-order chi connectivity index (χ0) is 13.1. The van der Waals surface area contributed by atoms with Crippen LogP contribution in [0.3, 0.4) is 0 Å². The van der Waals surface area contributed by atoms with E-state index in [1.165, 1.54) is 0 Å². The van der Waals surface area contributed by atoms with Crippen LogP contribution in [0.5, 0.6) is 0 Å². The number of para-hydroxylation sites is 1. The Bertz CT molecular complexity index is 467. The summed E-state index contributed by atoms with van der Waals surface area (Å²) in [5.41, 5.74) is 3.42. The summed E-state index contributed by atoms with van der Waals surface area (Å²) >= 11 is 0. The number of anilines is 1. The summed E-state index contributed by atoms with van der Waals surface area (Å²) in [5.74, 6) is -1.03. The number of carboxylic acids is 1. The predicted molar refractivity (Wildman–Crippen MR) is 72.9 cm³/mol. The average Bonchev–Trinajstić information content (AvgIpc) is 2.38. The lowest BCUT2D eigenvalue weighted by atomic mass is 9.92. The predicted octanol–water partition coefficient (Wildman–Crippen LogP) is 2.72. The van der Waals surface area contributed by atoms with Gasteiger partial charge in [-0.3, -0.25) is 4.79 Å². The van der Waals surface area contributed by atoms with Crippen molar-refractivity contribution in [3.05, 3.63) is 42.0 Å². The first-order valence-corrected chi connectivity index (χ1v) is 6.34. The van der Waals surface area contributed by atoms with Gasteiger partial charge in [-0.1, -0.05) is 37.3 Å². The summed E-state index contributed by atoms with van der Waals surface area (Å²) < 4.78 is 0. The number of aliphatic carboxylic acids is 1. The quantitative estimate of drug-likeness (QED) is 0.829. The minimum atomic E-state index is -0.711. The smallest absolute Gasteiger partial charge is 0.308 e. The molecule has 1 unspecified atom stereocenters. The number of carboxylic acid groups (broad SMARTS) is 1. The summed E-state index contributed by atoms with van der Waals surface area (Å²) in [7, 11) is 0. The van der Waals surface area contributed by atoms with Gasteiger partial charge in [0.25, 0.3) is 0 Å². The van der Waals surface area contributed by atoms with Crippen LogP contribution in [0.1, 0.15) is 18.9 Å². The van der Waals surface area contributed by atoms with Gasteiger partial charge in [-0.05, 0) is 24.5 Å². The van der Waals surface area contributed by atoms with Crippen LogP contribution >= 0.6 is 0 Å². The highest BCUT2D eigenvalue weighted by molar-refractivity contribution is 5.74. The van der Waals surface area contributed by atoms with E-state index >= 15 is 0 Å². The van der Waals surface area contributed by atoms with Gasteiger partial charge in [-0.2, -0.15) is 0 Å². The van der Waals surface area contributed by atoms with Crippen molar-refractivity contribution in [3.8, 4) is 0 Å². The van der Waals surface area contributed by atoms with Gasteiger partial charge in [0.15, 0.2) is 0 Å². The standard InChI is InChI=1S/C15H19NO2/c1-3-11(2)9-16-10-13(15(17)18)8-12-6-4-5-7-14(12)16/h4-7,13H,2-3,8-10H2,1H3,(H,17,18). The molecule has 3 heteroatoms. The highest BCUT2D eigenvalue weighted by atomic mass is 16.4. The molecule has 3 nitrogen and oxygen atoms in total. The van der Waals surface area contributed by atoms with Gasteiger partial charge in [0.1, 0.15) is 0 Å². The number of rotatable bonds is 4. The molecule has 0 amide bonds. The SMILES string of the molecule is C=C(CC)CN1CC(C(=O)O)Cc2ccccc21. The molecule has 2 rings (SSSR count). The first-order valence-electron chi connectivity index (χ1n) is 6.34. The summed E-state index contributed by atoms with van der Waals surface area (Å²) in [6, 6.07) is 8.06. The molecule has 1 heterocycles. The van der Waals surface area contributed by atoms with Crippen LogP contribution in [0.15, 0.2) is 36.4 Å². The van der Waals surface area contributed by atoms with E-state index in [0.717, 1.165) is 29.8 Å². The van der Waals surface area contributed by atoms with Crippen molar-refractivity contribution in [2.24, 2.45) is 5.92 Å². The minimum absolute atomic E-state index is 0.315. The number of carbonyl (C=O) groups is 1. The summed E-state index contributed by atoms with van der Waals surface area (Å²) in [6.07, 6.45) is 1.55. The van der Waals surface area contributed by atoms with E-state index in [9.17, 15) is 9.90 Å². The van der Waals surface area contributed by atoms with Crippen LogP contribution in [0.25, 0.3) is 0 Å². The van der Waals surface area contributed by atoms with E-state index in [1.807, 2.05) is 18.2 Å². The average molecular weight is 245 g/mol. The van der Waals surface area contributed by atoms with E-state index in [4.69, 9.17) is 0 Å². The Kier molecular flexibility index (Phi) is 3.70. The molecular formula is C15H19NO2. The lowest BCUT2D eigenvalue weighted by molar-refractivity contribution is -0.141. The third-order valence-corrected chi connectivity index (χ3v) is 3.50. The summed E-state index contributed by atoms with van der Waals surface area (Å²) in [4.78, 5) is 13.4. The van der Waals surface area contributed by atoms with Gasteiger partial charge in [-0.25, -0.2) is 0 Å². The second-order valence-electron chi connectivity index (χ2n) is 4.85. The van der Waals surface area contributed by atoms with Gasteiger partial charge < -0.3 is 10.0 Å². The fraction of sp³-hybridized carbons (Fsp3) is 0.400. The third-order valence-electron chi connectivity index (χ3n) is 3.50. The van der Waals surface area contributed by atoms with Crippen LogP contribution in [0.4, 0.5) is 5.69 Å². The molecule has 1 N–H and O–H groups in total. The molecule has 0 saturated heterocycles. The third kappa shape index (κ3) is 2.55. The number of nitrogens with zero attached hydrogens (tertiary/aromatic N) is 1. The molecule has 1 aromatic rings. The lowest BCUT2D eigenvalue weighted by Gasteiger charge is -2.35. The zero-order valence-electron chi connectivity index (χ0n) is 10.7. The molecule has 1 aliphatic rings. The van der Waals surface area contributed by atoms with Crippen LogP contribution in [-0.2, 0) is 11.2 Å². The van der Waals surface area contributed by atoms with Crippen molar-refractivity contribution in [3.63, 3.8) is 0 Å². The van der Waals surface area contributed by atoms with Gasteiger partial charge in [0.2, 0.25) is 0 Å². The first-order chi connectivity index (χ1) is 8.61. The Morgan fingerprint density at radius 1 is 1.50 bits per heavy atom. The van der Waals surface area contributed by atoms with Crippen LogP contribution < -0.4 is 4.90 Å². The zero-order valence-corrected chi connectivity index (χ0v) is 10.7. The normalized spacial score (nSPS) is 18.3. The molecule has 1 aromatic carbocycles. The molecule has 0 fully saturated rings. The Labute approximate surface area is 108 Å². The molecule has 0 radical (unpaired) electrons. The van der Waals surface area contributed by atoms with Gasteiger partial charge in [-0.15, -0.1) is 0 Å². The second-order valence-corrected chi connectivity index (χ2v) is 4.85. The topological polar surface area (TPSA) is 40.5 Å². The maximum absolute atomic E-state index is 11.2. The summed E-state index contributed by atoms with van der Waals surface area (Å²) in [6.45, 7) is 7.42. The maximum atomic E-state index is 11.2. The molecule has 0 aromatic heterocycles. The summed E-state index contributed by atoms with van der Waals surface area (Å²) in [5, 5.41) is 9.22. The van der Waals surface area contributed by atoms with Gasteiger partial charge in [0, 0.05) is 18.8 Å². The Morgan fingerprint density at radius 2 is 2.22 bits per heavy atom. The Balaban J connectivity index is 2.27. The van der Waals surface area contributed by atoms with Crippen molar-refractivity contribution >= 4 is 11.7 Å². The fourth-order valence-electron chi connectivity index (χ4n) is 2.38. The van der Waals surface area contributed by atoms with Crippen molar-refractivity contribution in [1.29, 1.82) is 0 Å². The van der Waals surface area contributed by atoms with E-state index in [-0.39, 0.29) is 5.92 Å². The van der Waals surface area contributed by atoms with Gasteiger partial charge >= 0.3 is 5.97 Å². The van der Waals surface area contributed by atoms with Crippen molar-refractivity contribution in [1.82, 2.24) is 0 Å². The molecular weight excluding hydrogens is 226 g/mol. The van der Waals surface area contributed by atoms with Crippen LogP contribution in [0, 0.1) is 5.92 Å². The molecule has 0 spiro atoms. The van der Waals surface area contributed by atoms with Gasteiger partial charge in [0.05, 0.1) is 5.92 Å². The van der Waals surface area contributed by atoms with Crippen molar-refractivity contribution < 1.29 is 9.90 Å². The monoisotopic (exact) mass is 245 g/mol. The van der Waals surface area contributed by atoms with E-state index in [1.54, 1.807) is 0 Å².